The lowest BCUT2D eigenvalue weighted by Gasteiger charge is -2.15. The normalized spacial score (nSPS) is 17.1. The van der Waals surface area contributed by atoms with Crippen molar-refractivity contribution in [1.82, 2.24) is 0 Å². The molecule has 0 aromatic rings. The maximum Gasteiger partial charge on any atom is 0.383 e. The highest BCUT2D eigenvalue weighted by molar-refractivity contribution is 6.65. The van der Waals surface area contributed by atoms with Crippen LogP contribution in [0.2, 0.25) is 0 Å². The van der Waals surface area contributed by atoms with Gasteiger partial charge in [0.15, 0.2) is 6.10 Å². The highest BCUT2D eigenvalue weighted by Crippen LogP contribution is 2.15. The number of hydrogen-bond donors (Lipinski definition) is 1. The van der Waals surface area contributed by atoms with Crippen LogP contribution < -0.4 is 0 Å². The van der Waals surface area contributed by atoms with Gasteiger partial charge in [0.05, 0.1) is 0 Å². The molecule has 1 heterocycles. The van der Waals surface area contributed by atoms with Crippen molar-refractivity contribution in [2.45, 2.75) is 122 Å². The summed E-state index contributed by atoms with van der Waals surface area (Å²) >= 11 is 0. The van der Waals surface area contributed by atoms with Crippen molar-refractivity contribution in [3.63, 3.8) is 0 Å². The minimum atomic E-state index is -1.57. The molecule has 0 amide bonds. The van der Waals surface area contributed by atoms with Gasteiger partial charge in [0.2, 0.25) is 0 Å². The first-order valence-corrected chi connectivity index (χ1v) is 12.1. The van der Waals surface area contributed by atoms with E-state index >= 15 is 0 Å². The number of carbonyl (C=O) groups is 4. The summed E-state index contributed by atoms with van der Waals surface area (Å²) in [7, 11) is 0. The van der Waals surface area contributed by atoms with Crippen molar-refractivity contribution >= 4 is 23.5 Å². The van der Waals surface area contributed by atoms with Gasteiger partial charge in [0, 0.05) is 6.42 Å². The summed E-state index contributed by atoms with van der Waals surface area (Å²) < 4.78 is 9.40. The van der Waals surface area contributed by atoms with Gasteiger partial charge in [-0.25, -0.2) is 4.79 Å². The lowest BCUT2D eigenvalue weighted by atomic mass is 10.0. The Morgan fingerprint density at radius 2 is 1.29 bits per heavy atom. The number of aliphatic hydroxyl groups excluding tert-OH is 1. The summed E-state index contributed by atoms with van der Waals surface area (Å²) in [5.74, 6) is -4.14. The predicted molar refractivity (Wildman–Crippen MR) is 116 cm³/mol. The molecule has 0 bridgehead atoms. The van der Waals surface area contributed by atoms with Crippen LogP contribution in [0.5, 0.6) is 0 Å². The molecule has 0 aromatic heterocycles. The third-order valence-electron chi connectivity index (χ3n) is 5.65. The molecule has 0 spiro atoms. The highest BCUT2D eigenvalue weighted by Gasteiger charge is 2.46. The number of rotatable bonds is 19. The van der Waals surface area contributed by atoms with Crippen molar-refractivity contribution in [2.24, 2.45) is 0 Å². The number of unbranched alkanes of at least 4 members (excludes halogenated alkanes) is 14. The van der Waals surface area contributed by atoms with Gasteiger partial charge in [0.25, 0.3) is 5.78 Å². The molecule has 178 valence electrons. The Bertz CT molecular complexity index is 558. The number of esters is 2. The van der Waals surface area contributed by atoms with E-state index in [1.807, 2.05) is 0 Å². The van der Waals surface area contributed by atoms with Gasteiger partial charge in [0.1, 0.15) is 12.7 Å². The fourth-order valence-electron chi connectivity index (χ4n) is 3.68. The van der Waals surface area contributed by atoms with Gasteiger partial charge in [-0.2, -0.15) is 0 Å². The lowest BCUT2D eigenvalue weighted by Crippen LogP contribution is -2.37. The van der Waals surface area contributed by atoms with Gasteiger partial charge in [-0.05, 0) is 6.42 Å². The molecule has 1 fully saturated rings. The second kappa shape index (κ2) is 16.9. The summed E-state index contributed by atoms with van der Waals surface area (Å²) in [6.07, 6.45) is 15.8. The number of ketones is 2. The van der Waals surface area contributed by atoms with Crippen LogP contribution in [0.4, 0.5) is 0 Å². The molecule has 0 aromatic carbocycles. The van der Waals surface area contributed by atoms with E-state index < -0.39 is 42.3 Å². The molecule has 0 saturated carbocycles. The number of Topliss-reactive ketones (excluding diaryl/α,β-unsaturated/α-hetero) is 2. The average Bonchev–Trinajstić information content (AvgIpc) is 3.02. The van der Waals surface area contributed by atoms with Crippen molar-refractivity contribution < 1.29 is 33.8 Å². The van der Waals surface area contributed by atoms with Crippen LogP contribution in [0.1, 0.15) is 110 Å². The van der Waals surface area contributed by atoms with Crippen molar-refractivity contribution in [2.75, 3.05) is 6.61 Å². The predicted octanol–water partition coefficient (Wildman–Crippen LogP) is 4.22. The van der Waals surface area contributed by atoms with Crippen LogP contribution >= 0.6 is 0 Å². The van der Waals surface area contributed by atoms with Crippen LogP contribution in [0.15, 0.2) is 0 Å². The molecule has 0 unspecified atom stereocenters. The molecule has 1 aliphatic heterocycles. The van der Waals surface area contributed by atoms with E-state index in [1.165, 1.54) is 77.0 Å². The second-order valence-electron chi connectivity index (χ2n) is 8.47. The minimum Gasteiger partial charge on any atom is -0.463 e. The zero-order valence-electron chi connectivity index (χ0n) is 19.1. The van der Waals surface area contributed by atoms with Gasteiger partial charge in [-0.3, -0.25) is 14.4 Å². The largest absolute Gasteiger partial charge is 0.463 e. The Hall–Kier alpha value is -1.76. The lowest BCUT2D eigenvalue weighted by molar-refractivity contribution is -0.156. The first kappa shape index (κ1) is 27.3. The van der Waals surface area contributed by atoms with Gasteiger partial charge >= 0.3 is 17.7 Å². The third kappa shape index (κ3) is 12.0. The molecule has 7 nitrogen and oxygen atoms in total. The molecular weight excluding hydrogens is 400 g/mol. The van der Waals surface area contributed by atoms with E-state index in [9.17, 15) is 24.3 Å². The summed E-state index contributed by atoms with van der Waals surface area (Å²) in [5, 5.41) is 9.78. The molecule has 7 heteroatoms. The number of hydrogen-bond acceptors (Lipinski definition) is 7. The molecule has 1 N–H and O–H groups in total. The Morgan fingerprint density at radius 3 is 1.71 bits per heavy atom. The van der Waals surface area contributed by atoms with Crippen LogP contribution in [0.3, 0.4) is 0 Å². The van der Waals surface area contributed by atoms with Crippen LogP contribution in [-0.2, 0) is 28.7 Å². The molecule has 31 heavy (non-hydrogen) atoms. The number of aliphatic hydroxyl groups is 1. The van der Waals surface area contributed by atoms with Gasteiger partial charge in [-0.1, -0.05) is 96.8 Å². The van der Waals surface area contributed by atoms with E-state index in [1.54, 1.807) is 0 Å². The van der Waals surface area contributed by atoms with Crippen LogP contribution in [-0.4, -0.2) is 47.4 Å². The SMILES string of the molecule is CCCCCCCCCCCCCCCCCC(=O)OC[C@H](O)[C@H]1OC(=O)C(=O)C1=O. The zero-order chi connectivity index (χ0) is 22.9. The van der Waals surface area contributed by atoms with Crippen molar-refractivity contribution in [3.05, 3.63) is 0 Å². The first-order chi connectivity index (χ1) is 15.0. The monoisotopic (exact) mass is 440 g/mol. The van der Waals surface area contributed by atoms with Crippen LogP contribution in [0, 0.1) is 0 Å². The maximum absolute atomic E-state index is 11.7. The van der Waals surface area contributed by atoms with E-state index in [2.05, 4.69) is 11.7 Å². The zero-order valence-corrected chi connectivity index (χ0v) is 19.1. The molecular formula is C24H40O7. The van der Waals surface area contributed by atoms with Gasteiger partial charge in [-0.15, -0.1) is 0 Å². The van der Waals surface area contributed by atoms with Crippen molar-refractivity contribution in [3.8, 4) is 0 Å². The first-order valence-electron chi connectivity index (χ1n) is 12.1. The van der Waals surface area contributed by atoms with E-state index in [0.29, 0.717) is 6.42 Å². The smallest absolute Gasteiger partial charge is 0.383 e. The highest BCUT2D eigenvalue weighted by atomic mass is 16.6. The molecule has 1 saturated heterocycles. The third-order valence-corrected chi connectivity index (χ3v) is 5.65. The number of ether oxygens (including phenoxy) is 2. The second-order valence-corrected chi connectivity index (χ2v) is 8.47. The standard InChI is InChI=1S/C24H40O7/c1-2-3-4-5-6-7-8-9-10-11-12-13-14-15-16-17-20(26)30-18-19(25)23-21(27)22(28)24(29)31-23/h19,23,25H,2-18H2,1H3/t19-,23+/m0/s1. The van der Waals surface area contributed by atoms with Gasteiger partial charge < -0.3 is 14.6 Å². The van der Waals surface area contributed by atoms with E-state index in [-0.39, 0.29) is 6.42 Å². The summed E-state index contributed by atoms with van der Waals surface area (Å²) in [5.41, 5.74) is 0. The molecule has 0 aliphatic carbocycles. The topological polar surface area (TPSA) is 107 Å². The Kier molecular flexibility index (Phi) is 14.8. The molecule has 0 radical (unpaired) electrons. The number of cyclic esters (lactones) is 1. The van der Waals surface area contributed by atoms with Crippen molar-refractivity contribution in [1.29, 1.82) is 0 Å². The van der Waals surface area contributed by atoms with Crippen LogP contribution in [0.25, 0.3) is 0 Å². The summed E-state index contributed by atoms with van der Waals surface area (Å²) in [6, 6.07) is 0. The quantitative estimate of drug-likeness (QED) is 0.182. The average molecular weight is 441 g/mol. The molecule has 2 atom stereocenters. The summed E-state index contributed by atoms with van der Waals surface area (Å²) in [6.45, 7) is 1.77. The number of carbonyl (C=O) groups excluding carboxylic acids is 4. The molecule has 1 aliphatic rings. The minimum absolute atomic E-state index is 0.238. The maximum atomic E-state index is 11.7. The Balaban J connectivity index is 1.88. The fraction of sp³-hybridized carbons (Fsp3) is 0.833. The van der Waals surface area contributed by atoms with E-state index in [0.717, 1.165) is 12.8 Å². The Morgan fingerprint density at radius 1 is 0.839 bits per heavy atom. The molecule has 1 rings (SSSR count). The fourth-order valence-corrected chi connectivity index (χ4v) is 3.68. The van der Waals surface area contributed by atoms with E-state index in [4.69, 9.17) is 4.74 Å². The Labute approximate surface area is 186 Å². The summed E-state index contributed by atoms with van der Waals surface area (Å²) in [4.78, 5) is 45.2.